The maximum atomic E-state index is 11.6. The van der Waals surface area contributed by atoms with E-state index in [4.69, 9.17) is 4.89 Å². The Morgan fingerprint density at radius 3 is 2.35 bits per heavy atom. The van der Waals surface area contributed by atoms with Gasteiger partial charge < -0.3 is 4.90 Å². The van der Waals surface area contributed by atoms with Gasteiger partial charge >= 0.3 is 5.97 Å². The largest absolute Gasteiger partial charge is 0.373 e. The van der Waals surface area contributed by atoms with E-state index < -0.39 is 10.9 Å². The maximum Gasteiger partial charge on any atom is 0.373 e. The topological polar surface area (TPSA) is 81.9 Å². The van der Waals surface area contributed by atoms with Gasteiger partial charge in [0.05, 0.1) is 10.5 Å². The Bertz CT molecular complexity index is 443. The molecule has 0 aliphatic heterocycles. The van der Waals surface area contributed by atoms with E-state index in [2.05, 4.69) is 9.79 Å². The normalized spacial score (nSPS) is 10.6. The molecule has 1 aromatic carbocycles. The number of rotatable bonds is 8. The van der Waals surface area contributed by atoms with Crippen molar-refractivity contribution in [3.63, 3.8) is 0 Å². The van der Waals surface area contributed by atoms with Crippen LogP contribution in [0.2, 0.25) is 0 Å². The van der Waals surface area contributed by atoms with Crippen LogP contribution in [0, 0.1) is 10.1 Å². The maximum absolute atomic E-state index is 11.6. The van der Waals surface area contributed by atoms with Gasteiger partial charge in [0.15, 0.2) is 0 Å². The van der Waals surface area contributed by atoms with E-state index in [9.17, 15) is 14.9 Å². The number of benzene rings is 1. The molecule has 0 atom stereocenters. The van der Waals surface area contributed by atoms with Crippen LogP contribution in [-0.4, -0.2) is 42.0 Å². The molecule has 0 heterocycles. The summed E-state index contributed by atoms with van der Waals surface area (Å²) in [4.78, 5) is 33.1. The molecule has 0 amide bonds. The average Bonchev–Trinajstić information content (AvgIpc) is 2.47. The molecule has 0 fully saturated rings. The Kier molecular flexibility index (Phi) is 6.61. The van der Waals surface area contributed by atoms with E-state index in [1.54, 1.807) is 0 Å². The van der Waals surface area contributed by atoms with Gasteiger partial charge in [0, 0.05) is 18.7 Å². The third kappa shape index (κ3) is 4.94. The third-order valence-electron chi connectivity index (χ3n) is 2.83. The van der Waals surface area contributed by atoms with Crippen LogP contribution in [0.4, 0.5) is 5.69 Å². The van der Waals surface area contributed by atoms with Crippen LogP contribution in [0.3, 0.4) is 0 Å². The van der Waals surface area contributed by atoms with Crippen molar-refractivity contribution in [2.75, 3.05) is 26.2 Å². The van der Waals surface area contributed by atoms with Gasteiger partial charge in [-0.1, -0.05) is 13.8 Å². The Labute approximate surface area is 117 Å². The van der Waals surface area contributed by atoms with Gasteiger partial charge in [-0.2, -0.15) is 4.89 Å². The minimum atomic E-state index is -0.667. The summed E-state index contributed by atoms with van der Waals surface area (Å²) in [6, 6.07) is 5.14. The molecular weight excluding hydrogens is 264 g/mol. The first-order valence-corrected chi connectivity index (χ1v) is 6.39. The molecule has 0 unspecified atom stereocenters. The van der Waals surface area contributed by atoms with Crippen molar-refractivity contribution in [2.24, 2.45) is 0 Å². The summed E-state index contributed by atoms with van der Waals surface area (Å²) in [6.45, 7) is 6.81. The van der Waals surface area contributed by atoms with Crippen LogP contribution < -0.4 is 0 Å². The Morgan fingerprint density at radius 2 is 1.85 bits per heavy atom. The van der Waals surface area contributed by atoms with Crippen molar-refractivity contribution in [3.8, 4) is 0 Å². The number of non-ortho nitro benzene ring substituents is 1. The van der Waals surface area contributed by atoms with Crippen molar-refractivity contribution in [1.82, 2.24) is 4.90 Å². The molecule has 20 heavy (non-hydrogen) atoms. The van der Waals surface area contributed by atoms with E-state index in [1.807, 2.05) is 13.8 Å². The van der Waals surface area contributed by atoms with Crippen LogP contribution >= 0.6 is 0 Å². The van der Waals surface area contributed by atoms with Gasteiger partial charge in [0.1, 0.15) is 6.61 Å². The lowest BCUT2D eigenvalue weighted by molar-refractivity contribution is -0.384. The molecule has 0 saturated heterocycles. The molecule has 7 nitrogen and oxygen atoms in total. The van der Waals surface area contributed by atoms with Crippen molar-refractivity contribution in [3.05, 3.63) is 39.9 Å². The summed E-state index contributed by atoms with van der Waals surface area (Å²) < 4.78 is 0. The molecular formula is C13H18N2O5. The average molecular weight is 282 g/mol. The zero-order valence-electron chi connectivity index (χ0n) is 11.6. The molecule has 0 radical (unpaired) electrons. The molecule has 0 aliphatic carbocycles. The summed E-state index contributed by atoms with van der Waals surface area (Å²) >= 11 is 0. The molecule has 0 bridgehead atoms. The van der Waals surface area contributed by atoms with E-state index in [1.165, 1.54) is 24.3 Å². The standard InChI is InChI=1S/C13H18N2O5/c1-3-14(4-2)9-10-19-20-13(16)11-5-7-12(8-6-11)15(17)18/h5-8H,3-4,9-10H2,1-2H3. The van der Waals surface area contributed by atoms with Crippen LogP contribution in [-0.2, 0) is 9.78 Å². The minimum absolute atomic E-state index is 0.0796. The zero-order chi connectivity index (χ0) is 15.0. The quantitative estimate of drug-likeness (QED) is 0.314. The molecule has 0 aliphatic rings. The van der Waals surface area contributed by atoms with Crippen molar-refractivity contribution in [1.29, 1.82) is 0 Å². The number of nitro benzene ring substituents is 1. The summed E-state index contributed by atoms with van der Waals surface area (Å²) in [7, 11) is 0. The molecule has 1 rings (SSSR count). The number of hydrogen-bond acceptors (Lipinski definition) is 6. The van der Waals surface area contributed by atoms with E-state index in [0.717, 1.165) is 13.1 Å². The second-order valence-electron chi connectivity index (χ2n) is 4.02. The number of hydrogen-bond donors (Lipinski definition) is 0. The molecule has 0 spiro atoms. The summed E-state index contributed by atoms with van der Waals surface area (Å²) in [5, 5.41) is 10.5. The minimum Gasteiger partial charge on any atom is -0.301 e. The van der Waals surface area contributed by atoms with Gasteiger partial charge in [-0.15, -0.1) is 0 Å². The fraction of sp³-hybridized carbons (Fsp3) is 0.462. The third-order valence-corrected chi connectivity index (χ3v) is 2.83. The van der Waals surface area contributed by atoms with Crippen molar-refractivity contribution < 1.29 is 19.5 Å². The smallest absolute Gasteiger partial charge is 0.301 e. The van der Waals surface area contributed by atoms with E-state index in [0.29, 0.717) is 6.54 Å². The Balaban J connectivity index is 2.37. The van der Waals surface area contributed by atoms with Crippen LogP contribution in [0.15, 0.2) is 24.3 Å². The predicted molar refractivity (Wildman–Crippen MR) is 72.3 cm³/mol. The van der Waals surface area contributed by atoms with Crippen LogP contribution in [0.1, 0.15) is 24.2 Å². The van der Waals surface area contributed by atoms with Gasteiger partial charge in [-0.3, -0.25) is 15.0 Å². The van der Waals surface area contributed by atoms with E-state index in [-0.39, 0.29) is 17.9 Å². The summed E-state index contributed by atoms with van der Waals surface area (Å²) in [5.41, 5.74) is 0.127. The number of likely N-dealkylation sites (N-methyl/N-ethyl adjacent to an activating group) is 1. The molecule has 7 heteroatoms. The number of nitro groups is 1. The van der Waals surface area contributed by atoms with Crippen molar-refractivity contribution in [2.45, 2.75) is 13.8 Å². The Hall–Kier alpha value is -1.99. The highest BCUT2D eigenvalue weighted by atomic mass is 17.2. The molecule has 0 aromatic heterocycles. The molecule has 0 N–H and O–H groups in total. The van der Waals surface area contributed by atoms with Crippen LogP contribution in [0.5, 0.6) is 0 Å². The first kappa shape index (κ1) is 16.1. The Morgan fingerprint density at radius 1 is 1.25 bits per heavy atom. The first-order valence-electron chi connectivity index (χ1n) is 6.39. The van der Waals surface area contributed by atoms with Gasteiger partial charge in [-0.05, 0) is 25.2 Å². The van der Waals surface area contributed by atoms with Gasteiger partial charge in [-0.25, -0.2) is 4.79 Å². The zero-order valence-corrected chi connectivity index (χ0v) is 11.6. The molecule has 110 valence electrons. The number of nitrogens with zero attached hydrogens (tertiary/aromatic N) is 2. The lowest BCUT2D eigenvalue weighted by Crippen LogP contribution is -2.27. The fourth-order valence-corrected chi connectivity index (χ4v) is 1.57. The van der Waals surface area contributed by atoms with Crippen molar-refractivity contribution >= 4 is 11.7 Å². The highest BCUT2D eigenvalue weighted by Gasteiger charge is 2.11. The van der Waals surface area contributed by atoms with Gasteiger partial charge in [0.2, 0.25) is 0 Å². The van der Waals surface area contributed by atoms with Gasteiger partial charge in [0.25, 0.3) is 5.69 Å². The summed E-state index contributed by atoms with van der Waals surface area (Å²) in [5.74, 6) is -0.667. The number of carbonyl (C=O) groups is 1. The lowest BCUT2D eigenvalue weighted by atomic mass is 10.2. The summed E-state index contributed by atoms with van der Waals surface area (Å²) in [6.07, 6.45) is 0. The van der Waals surface area contributed by atoms with E-state index >= 15 is 0 Å². The second kappa shape index (κ2) is 8.23. The second-order valence-corrected chi connectivity index (χ2v) is 4.02. The number of carbonyl (C=O) groups excluding carboxylic acids is 1. The predicted octanol–water partition coefficient (Wildman–Crippen LogP) is 2.02. The lowest BCUT2D eigenvalue weighted by Gasteiger charge is -2.16. The monoisotopic (exact) mass is 282 g/mol. The molecule has 0 saturated carbocycles. The SMILES string of the molecule is CCN(CC)CCOOC(=O)c1ccc([N+](=O)[O-])cc1. The van der Waals surface area contributed by atoms with Crippen LogP contribution in [0.25, 0.3) is 0 Å². The fourth-order valence-electron chi connectivity index (χ4n) is 1.57. The first-order chi connectivity index (χ1) is 9.58. The highest BCUT2D eigenvalue weighted by molar-refractivity contribution is 5.89. The molecule has 1 aromatic rings. The highest BCUT2D eigenvalue weighted by Crippen LogP contribution is 2.12.